The van der Waals surface area contributed by atoms with Crippen LogP contribution in [0.3, 0.4) is 0 Å². The zero-order chi connectivity index (χ0) is 15.1. The predicted molar refractivity (Wildman–Crippen MR) is 84.4 cm³/mol. The zero-order valence-electron chi connectivity index (χ0n) is 14.4. The average molecular weight is 270 g/mol. The lowest BCUT2D eigenvalue weighted by molar-refractivity contribution is 1.69. The standard InChI is InChI=1S/C13H26Si3/c1-14(2,3)16(7,15(4,5)6)13-11-9-8-10-12-13/h8-12H,1-7H3/i7D3. The Morgan fingerprint density at radius 2 is 1.25 bits per heavy atom. The predicted octanol–water partition coefficient (Wildman–Crippen LogP) is 3.81. The maximum Gasteiger partial charge on any atom is 0.0706 e. The van der Waals surface area contributed by atoms with Crippen LogP contribution in [0.15, 0.2) is 30.3 Å². The topological polar surface area (TPSA) is 0 Å². The van der Waals surface area contributed by atoms with Crippen LogP contribution in [0.1, 0.15) is 4.11 Å². The fourth-order valence-corrected chi connectivity index (χ4v) is 40.5. The van der Waals surface area contributed by atoms with Crippen molar-refractivity contribution in [3.05, 3.63) is 30.3 Å². The van der Waals surface area contributed by atoms with Crippen molar-refractivity contribution in [2.75, 3.05) is 0 Å². The lowest BCUT2D eigenvalue weighted by Gasteiger charge is -2.48. The maximum absolute atomic E-state index is 8.35. The van der Waals surface area contributed by atoms with Crippen molar-refractivity contribution in [2.24, 2.45) is 0 Å². The average Bonchev–Trinajstić information content (AvgIpc) is 2.12. The van der Waals surface area contributed by atoms with Gasteiger partial charge in [0.05, 0.1) is 7.11 Å². The Bertz CT molecular complexity index is 391. The second kappa shape index (κ2) is 4.27. The molecule has 90 valence electrons. The second-order valence-electron chi connectivity index (χ2n) is 6.62. The SMILES string of the molecule is [2H]C([2H])([2H])[Si](c1ccccc1)([Si](C)(C)C)[Si](C)(C)C. The molecule has 0 amide bonds. The van der Waals surface area contributed by atoms with Crippen LogP contribution in [-0.2, 0) is 0 Å². The van der Waals surface area contributed by atoms with Gasteiger partial charge in [-0.15, -0.1) is 0 Å². The molecule has 0 aliphatic heterocycles. The van der Waals surface area contributed by atoms with Gasteiger partial charge in [-0.2, -0.15) is 0 Å². The summed E-state index contributed by atoms with van der Waals surface area (Å²) in [6.45, 7) is 11.8. The minimum Gasteiger partial charge on any atom is -0.0714 e. The smallest absolute Gasteiger partial charge is 0.0706 e. The number of hydrogen-bond acceptors (Lipinski definition) is 0. The van der Waals surface area contributed by atoms with E-state index in [4.69, 9.17) is 4.11 Å². The molecule has 0 aliphatic rings. The first-order valence-corrected chi connectivity index (χ1v) is 16.9. The lowest BCUT2D eigenvalue weighted by Crippen LogP contribution is -2.76. The second-order valence-corrected chi connectivity index (χ2v) is 32.7. The Hall–Kier alpha value is -0.129. The van der Waals surface area contributed by atoms with Crippen LogP contribution in [0.4, 0.5) is 0 Å². The minimum atomic E-state index is -2.50. The molecule has 1 aromatic rings. The highest BCUT2D eigenvalue weighted by Gasteiger charge is 2.51. The van der Waals surface area contributed by atoms with Crippen molar-refractivity contribution in [3.8, 4) is 0 Å². The van der Waals surface area contributed by atoms with Crippen LogP contribution in [0.25, 0.3) is 0 Å². The molecule has 0 aromatic heterocycles. The summed E-state index contributed by atoms with van der Waals surface area (Å²) in [5, 5.41) is 1.16. The Morgan fingerprint density at radius 3 is 1.56 bits per heavy atom. The first-order chi connectivity index (χ1) is 8.36. The highest BCUT2D eigenvalue weighted by Crippen LogP contribution is 2.28. The summed E-state index contributed by atoms with van der Waals surface area (Å²) in [6, 6.07) is 10.1. The van der Waals surface area contributed by atoms with E-state index >= 15 is 0 Å². The Balaban J connectivity index is 3.76. The van der Waals surface area contributed by atoms with E-state index in [2.05, 4.69) is 51.4 Å². The van der Waals surface area contributed by atoms with E-state index in [1.165, 1.54) is 0 Å². The Labute approximate surface area is 108 Å². The van der Waals surface area contributed by atoms with Crippen LogP contribution in [-0.4, -0.2) is 22.3 Å². The molecule has 0 nitrogen and oxygen atoms in total. The molecule has 0 heterocycles. The third-order valence-electron chi connectivity index (χ3n) is 3.46. The summed E-state index contributed by atoms with van der Waals surface area (Å²) in [7, 11) is -6.12. The van der Waals surface area contributed by atoms with Gasteiger partial charge in [-0.3, -0.25) is 0 Å². The van der Waals surface area contributed by atoms with Crippen molar-refractivity contribution in [1.82, 2.24) is 0 Å². The normalized spacial score (nSPS) is 17.5. The maximum atomic E-state index is 8.35. The van der Waals surface area contributed by atoms with Gasteiger partial charge in [0.15, 0.2) is 0 Å². The summed E-state index contributed by atoms with van der Waals surface area (Å²) in [4.78, 5) is 0. The van der Waals surface area contributed by atoms with Gasteiger partial charge in [0, 0.05) is 19.3 Å². The van der Waals surface area contributed by atoms with Gasteiger partial charge in [-0.05, 0) is 0 Å². The van der Waals surface area contributed by atoms with Crippen LogP contribution < -0.4 is 5.19 Å². The Morgan fingerprint density at radius 1 is 0.812 bits per heavy atom. The van der Waals surface area contributed by atoms with E-state index in [1.807, 2.05) is 18.2 Å². The summed E-state index contributed by atoms with van der Waals surface area (Å²) in [6.07, 6.45) is 0. The van der Waals surface area contributed by atoms with Gasteiger partial charge in [-0.1, -0.05) is 81.3 Å². The summed E-state index contributed by atoms with van der Waals surface area (Å²) < 4.78 is 25.1. The quantitative estimate of drug-likeness (QED) is 0.732. The van der Waals surface area contributed by atoms with E-state index in [1.54, 1.807) is 0 Å². The van der Waals surface area contributed by atoms with Crippen molar-refractivity contribution in [3.63, 3.8) is 0 Å². The summed E-state index contributed by atoms with van der Waals surface area (Å²) >= 11 is 0. The van der Waals surface area contributed by atoms with Crippen molar-refractivity contribution < 1.29 is 4.11 Å². The van der Waals surface area contributed by atoms with E-state index < -0.39 is 28.8 Å². The minimum absolute atomic E-state index is 1.16. The fourth-order valence-electron chi connectivity index (χ4n) is 2.68. The van der Waals surface area contributed by atoms with E-state index in [-0.39, 0.29) is 0 Å². The van der Waals surface area contributed by atoms with Gasteiger partial charge in [0.1, 0.15) is 0 Å². The van der Waals surface area contributed by atoms with Gasteiger partial charge < -0.3 is 0 Å². The van der Waals surface area contributed by atoms with Crippen LogP contribution in [0.2, 0.25) is 45.8 Å². The van der Waals surface area contributed by atoms with E-state index in [0.29, 0.717) is 0 Å². The molecule has 1 aromatic carbocycles. The third-order valence-corrected chi connectivity index (χ3v) is 37.9. The third kappa shape index (κ3) is 2.26. The molecule has 1 rings (SSSR count). The molecule has 0 saturated heterocycles. The number of benzene rings is 1. The largest absolute Gasteiger partial charge is 0.0714 e. The molecular formula is C13H26Si3. The molecule has 0 saturated carbocycles. The molecule has 0 aliphatic carbocycles. The molecule has 0 fully saturated rings. The molecule has 0 bridgehead atoms. The molecular weight excluding hydrogens is 240 g/mol. The van der Waals surface area contributed by atoms with Gasteiger partial charge in [0.2, 0.25) is 0 Å². The van der Waals surface area contributed by atoms with Gasteiger partial charge >= 0.3 is 0 Å². The van der Waals surface area contributed by atoms with Crippen LogP contribution in [0, 0.1) is 0 Å². The van der Waals surface area contributed by atoms with Crippen molar-refractivity contribution >= 4 is 27.5 Å². The van der Waals surface area contributed by atoms with E-state index in [9.17, 15) is 0 Å². The van der Waals surface area contributed by atoms with Crippen molar-refractivity contribution in [1.29, 1.82) is 0 Å². The van der Waals surface area contributed by atoms with Crippen molar-refractivity contribution in [2.45, 2.75) is 45.8 Å². The highest BCUT2D eigenvalue weighted by atomic mass is 29.6. The zero-order valence-corrected chi connectivity index (χ0v) is 14.4. The molecule has 0 N–H and O–H groups in total. The number of hydrogen-bond donors (Lipinski definition) is 0. The lowest BCUT2D eigenvalue weighted by atomic mass is 10.4. The Kier molecular flexibility index (Phi) is 2.63. The fraction of sp³-hybridized carbons (Fsp3) is 0.538. The van der Waals surface area contributed by atoms with E-state index in [0.717, 1.165) is 5.19 Å². The number of rotatable bonds is 3. The summed E-state index contributed by atoms with van der Waals surface area (Å²) in [5.41, 5.74) is 0. The molecule has 0 radical (unpaired) electrons. The first-order valence-electron chi connectivity index (χ1n) is 7.41. The van der Waals surface area contributed by atoms with Crippen LogP contribution >= 0.6 is 0 Å². The highest BCUT2D eigenvalue weighted by molar-refractivity contribution is 7.72. The monoisotopic (exact) mass is 269 g/mol. The molecule has 16 heavy (non-hydrogen) atoms. The van der Waals surface area contributed by atoms with Gasteiger partial charge in [-0.25, -0.2) is 0 Å². The van der Waals surface area contributed by atoms with Gasteiger partial charge in [0.25, 0.3) is 0 Å². The molecule has 0 unspecified atom stereocenters. The van der Waals surface area contributed by atoms with Crippen LogP contribution in [0.5, 0.6) is 0 Å². The molecule has 0 spiro atoms. The molecule has 0 atom stereocenters. The molecule has 3 heteroatoms. The summed E-state index contributed by atoms with van der Waals surface area (Å²) in [5.74, 6) is 0. The first kappa shape index (κ1) is 9.86.